The van der Waals surface area contributed by atoms with Crippen molar-refractivity contribution in [3.05, 3.63) is 30.1 Å². The number of halogens is 1. The Morgan fingerprint density at radius 2 is 2.17 bits per heavy atom. The molecule has 0 spiro atoms. The number of nitrogens with zero attached hydrogens (tertiary/aromatic N) is 6. The molecule has 0 saturated carbocycles. The summed E-state index contributed by atoms with van der Waals surface area (Å²) >= 11 is 1.40. The molecule has 2 aromatic heterocycles. The Balaban J connectivity index is 1.64. The lowest BCUT2D eigenvalue weighted by atomic mass is 10.2. The molecule has 3 heterocycles. The van der Waals surface area contributed by atoms with Crippen molar-refractivity contribution < 1.29 is 4.39 Å². The fraction of sp³-hybridized carbons (Fsp3) is 0.600. The lowest BCUT2D eigenvalue weighted by Gasteiger charge is -2.27. The van der Waals surface area contributed by atoms with Crippen LogP contribution in [0.1, 0.15) is 24.7 Å². The molecule has 3 rings (SSSR count). The Bertz CT molecular complexity index is 621. The van der Waals surface area contributed by atoms with Gasteiger partial charge in [0.15, 0.2) is 0 Å². The van der Waals surface area contributed by atoms with Crippen LogP contribution in [0.2, 0.25) is 0 Å². The summed E-state index contributed by atoms with van der Waals surface area (Å²) in [5, 5.41) is 0.896. The van der Waals surface area contributed by atoms with Gasteiger partial charge in [0.1, 0.15) is 18.3 Å². The first-order valence-electron chi connectivity index (χ1n) is 7.81. The number of anilines is 1. The van der Waals surface area contributed by atoms with E-state index >= 15 is 0 Å². The molecule has 0 radical (unpaired) electrons. The zero-order valence-corrected chi connectivity index (χ0v) is 14.2. The molecule has 1 aliphatic heterocycles. The maximum atomic E-state index is 13.9. The quantitative estimate of drug-likeness (QED) is 0.803. The van der Waals surface area contributed by atoms with E-state index in [1.165, 1.54) is 17.9 Å². The fourth-order valence-corrected chi connectivity index (χ4v) is 3.61. The molecular weight excluding hydrogens is 315 g/mol. The van der Waals surface area contributed by atoms with Crippen molar-refractivity contribution in [2.45, 2.75) is 38.5 Å². The van der Waals surface area contributed by atoms with Gasteiger partial charge in [0.2, 0.25) is 5.13 Å². The highest BCUT2D eigenvalue weighted by molar-refractivity contribution is 7.09. The van der Waals surface area contributed by atoms with Gasteiger partial charge >= 0.3 is 0 Å². The summed E-state index contributed by atoms with van der Waals surface area (Å²) in [4.78, 5) is 16.8. The summed E-state index contributed by atoms with van der Waals surface area (Å²) in [5.41, 5.74) is 1.01. The summed E-state index contributed by atoms with van der Waals surface area (Å²) in [6.07, 6.45) is 5.70. The molecule has 8 heteroatoms. The number of rotatable bonds is 6. The Kier molecular flexibility index (Phi) is 5.12. The first kappa shape index (κ1) is 16.2. The molecule has 1 fully saturated rings. The lowest BCUT2D eigenvalue weighted by Crippen LogP contribution is -2.38. The molecule has 0 aliphatic carbocycles. The summed E-state index contributed by atoms with van der Waals surface area (Å²) < 4.78 is 18.2. The molecule has 23 heavy (non-hydrogen) atoms. The van der Waals surface area contributed by atoms with Crippen LogP contribution in [0.5, 0.6) is 0 Å². The molecule has 124 valence electrons. The maximum absolute atomic E-state index is 13.9. The summed E-state index contributed by atoms with van der Waals surface area (Å²) in [5.74, 6) is 0.866. The monoisotopic (exact) mass is 336 g/mol. The SMILES string of the molecule is CCc1nsc(N(C)C[C@@H]2C[C@H](F)CN2Cc2cncnc2)n1. The van der Waals surface area contributed by atoms with E-state index in [4.69, 9.17) is 0 Å². The molecule has 0 amide bonds. The van der Waals surface area contributed by atoms with Gasteiger partial charge in [-0.25, -0.2) is 19.3 Å². The third-order valence-electron chi connectivity index (χ3n) is 4.06. The molecule has 6 nitrogen and oxygen atoms in total. The van der Waals surface area contributed by atoms with Gasteiger partial charge in [-0.3, -0.25) is 4.90 Å². The van der Waals surface area contributed by atoms with Gasteiger partial charge in [0, 0.05) is 68.6 Å². The van der Waals surface area contributed by atoms with Crippen LogP contribution in [0.15, 0.2) is 18.7 Å². The van der Waals surface area contributed by atoms with Crippen molar-refractivity contribution in [1.82, 2.24) is 24.2 Å². The van der Waals surface area contributed by atoms with E-state index in [0.29, 0.717) is 19.5 Å². The van der Waals surface area contributed by atoms with Crippen molar-refractivity contribution in [1.29, 1.82) is 0 Å². The molecule has 0 aromatic carbocycles. The maximum Gasteiger partial charge on any atom is 0.204 e. The number of hydrogen-bond acceptors (Lipinski definition) is 7. The number of likely N-dealkylation sites (N-methyl/N-ethyl adjacent to an activating group) is 1. The minimum atomic E-state index is -0.779. The van der Waals surface area contributed by atoms with Crippen LogP contribution in [0.25, 0.3) is 0 Å². The van der Waals surface area contributed by atoms with Crippen molar-refractivity contribution in [3.8, 4) is 0 Å². The second kappa shape index (κ2) is 7.27. The Hall–Kier alpha value is -1.67. The van der Waals surface area contributed by atoms with Crippen molar-refractivity contribution in [3.63, 3.8) is 0 Å². The van der Waals surface area contributed by atoms with E-state index < -0.39 is 6.17 Å². The summed E-state index contributed by atoms with van der Waals surface area (Å²) in [6.45, 7) is 3.92. The topological polar surface area (TPSA) is 58.0 Å². The van der Waals surface area contributed by atoms with Gasteiger partial charge in [-0.05, 0) is 6.42 Å². The van der Waals surface area contributed by atoms with E-state index in [9.17, 15) is 4.39 Å². The van der Waals surface area contributed by atoms with E-state index in [0.717, 1.165) is 29.5 Å². The van der Waals surface area contributed by atoms with Crippen LogP contribution in [-0.4, -0.2) is 56.6 Å². The summed E-state index contributed by atoms with van der Waals surface area (Å²) in [7, 11) is 2.00. The lowest BCUT2D eigenvalue weighted by molar-refractivity contribution is 0.237. The first-order chi connectivity index (χ1) is 11.2. The third-order valence-corrected chi connectivity index (χ3v) is 4.93. The molecule has 2 aromatic rings. The van der Waals surface area contributed by atoms with Gasteiger partial charge < -0.3 is 4.90 Å². The molecule has 2 atom stereocenters. The molecule has 0 N–H and O–H groups in total. The molecule has 1 aliphatic rings. The van der Waals surface area contributed by atoms with E-state index in [2.05, 4.69) is 29.1 Å². The van der Waals surface area contributed by atoms with Gasteiger partial charge in [-0.15, -0.1) is 0 Å². The minimum Gasteiger partial charge on any atom is -0.348 e. The molecule has 0 bridgehead atoms. The van der Waals surface area contributed by atoms with Crippen LogP contribution in [-0.2, 0) is 13.0 Å². The number of aryl methyl sites for hydroxylation is 1. The second-order valence-corrected chi connectivity index (χ2v) is 6.62. The van der Waals surface area contributed by atoms with Crippen LogP contribution >= 0.6 is 11.5 Å². The van der Waals surface area contributed by atoms with E-state index in [1.54, 1.807) is 12.4 Å². The van der Waals surface area contributed by atoms with Gasteiger partial charge in [-0.1, -0.05) is 6.92 Å². The van der Waals surface area contributed by atoms with Crippen LogP contribution in [0, 0.1) is 0 Å². The minimum absolute atomic E-state index is 0.157. The standard InChI is InChI=1S/C15H21FN6S/c1-3-14-19-15(23-20-14)21(2)9-13-4-12(16)8-22(13)7-11-5-17-10-18-6-11/h5-6,10,12-13H,3-4,7-9H2,1-2H3/t12-,13-/m0/s1. The van der Waals surface area contributed by atoms with Crippen LogP contribution < -0.4 is 4.90 Å². The number of hydrogen-bond donors (Lipinski definition) is 0. The Morgan fingerprint density at radius 1 is 1.39 bits per heavy atom. The van der Waals surface area contributed by atoms with Crippen LogP contribution in [0.3, 0.4) is 0 Å². The normalized spacial score (nSPS) is 21.7. The van der Waals surface area contributed by atoms with Gasteiger partial charge in [0.25, 0.3) is 0 Å². The van der Waals surface area contributed by atoms with Gasteiger partial charge in [0.05, 0.1) is 0 Å². The molecule has 0 unspecified atom stereocenters. The van der Waals surface area contributed by atoms with Crippen molar-refractivity contribution >= 4 is 16.7 Å². The molecular formula is C15H21FN6S. The average molecular weight is 336 g/mol. The number of aromatic nitrogens is 4. The molecule has 1 saturated heterocycles. The van der Waals surface area contributed by atoms with E-state index in [1.807, 2.05) is 14.0 Å². The Labute approximate surface area is 139 Å². The largest absolute Gasteiger partial charge is 0.348 e. The zero-order valence-electron chi connectivity index (χ0n) is 13.4. The first-order valence-corrected chi connectivity index (χ1v) is 8.58. The van der Waals surface area contributed by atoms with Crippen molar-refractivity contribution in [2.75, 3.05) is 25.0 Å². The van der Waals surface area contributed by atoms with Gasteiger partial charge in [-0.2, -0.15) is 4.37 Å². The number of likely N-dealkylation sites (tertiary alicyclic amines) is 1. The highest BCUT2D eigenvalue weighted by Crippen LogP contribution is 2.25. The fourth-order valence-electron chi connectivity index (χ4n) is 2.89. The smallest absolute Gasteiger partial charge is 0.204 e. The third kappa shape index (κ3) is 4.00. The van der Waals surface area contributed by atoms with Crippen LogP contribution in [0.4, 0.5) is 9.52 Å². The Morgan fingerprint density at radius 3 is 2.87 bits per heavy atom. The average Bonchev–Trinajstić information content (AvgIpc) is 3.15. The predicted molar refractivity (Wildman–Crippen MR) is 88.3 cm³/mol. The van der Waals surface area contributed by atoms with Crippen molar-refractivity contribution in [2.24, 2.45) is 0 Å². The van der Waals surface area contributed by atoms with E-state index in [-0.39, 0.29) is 6.04 Å². The number of alkyl halides is 1. The predicted octanol–water partition coefficient (Wildman–Crippen LogP) is 1.94. The highest BCUT2D eigenvalue weighted by atomic mass is 32.1. The second-order valence-electron chi connectivity index (χ2n) is 5.89. The highest BCUT2D eigenvalue weighted by Gasteiger charge is 2.33. The summed E-state index contributed by atoms with van der Waals surface area (Å²) in [6, 6.07) is 0.157. The zero-order chi connectivity index (χ0) is 16.2.